The molecular weight excluding hydrogens is 424 g/mol. The van der Waals surface area contributed by atoms with E-state index in [2.05, 4.69) is 10.1 Å². The number of H-pyrrole nitrogens is 1. The highest BCUT2D eigenvalue weighted by molar-refractivity contribution is 7.17. The Balaban J connectivity index is 1.49. The number of pyridine rings is 1. The second-order valence-corrected chi connectivity index (χ2v) is 8.34. The maximum absolute atomic E-state index is 13.1. The first-order valence-electron chi connectivity index (χ1n) is 10.0. The van der Waals surface area contributed by atoms with E-state index in [-0.39, 0.29) is 11.2 Å². The molecule has 32 heavy (non-hydrogen) atoms. The smallest absolute Gasteiger partial charge is 0.351 e. The van der Waals surface area contributed by atoms with E-state index < -0.39 is 0 Å². The molecule has 2 aromatic carbocycles. The number of hydrogen-bond donors (Lipinski definition) is 1. The van der Waals surface area contributed by atoms with Crippen LogP contribution in [-0.4, -0.2) is 26.4 Å². The summed E-state index contributed by atoms with van der Waals surface area (Å²) in [7, 11) is 1.62. The fourth-order valence-electron chi connectivity index (χ4n) is 3.77. The van der Waals surface area contributed by atoms with E-state index in [0.717, 1.165) is 27.1 Å². The van der Waals surface area contributed by atoms with Gasteiger partial charge in [-0.05, 0) is 53.8 Å². The average Bonchev–Trinajstić information content (AvgIpc) is 3.41. The first-order valence-corrected chi connectivity index (χ1v) is 10.9. The minimum Gasteiger partial charge on any atom is -0.497 e. The van der Waals surface area contributed by atoms with Crippen LogP contribution >= 0.6 is 11.3 Å². The molecule has 1 N–H and O–H groups in total. The van der Waals surface area contributed by atoms with Crippen LogP contribution in [0.25, 0.3) is 26.9 Å². The molecule has 3 aromatic heterocycles. The largest absolute Gasteiger partial charge is 0.497 e. The van der Waals surface area contributed by atoms with Crippen molar-refractivity contribution in [2.45, 2.75) is 13.5 Å². The summed E-state index contributed by atoms with van der Waals surface area (Å²) >= 11 is 1.53. The zero-order chi connectivity index (χ0) is 22.2. The van der Waals surface area contributed by atoms with Gasteiger partial charge in [-0.15, -0.1) is 11.3 Å². The third-order valence-electron chi connectivity index (χ3n) is 5.45. The summed E-state index contributed by atoms with van der Waals surface area (Å²) < 4.78 is 9.27. The third kappa shape index (κ3) is 3.44. The summed E-state index contributed by atoms with van der Waals surface area (Å²) in [6.07, 6.45) is 1.73. The zero-order valence-corrected chi connectivity index (χ0v) is 18.3. The van der Waals surface area contributed by atoms with E-state index in [0.29, 0.717) is 23.4 Å². The van der Waals surface area contributed by atoms with Crippen molar-refractivity contribution in [3.05, 3.63) is 98.4 Å². The summed E-state index contributed by atoms with van der Waals surface area (Å²) in [5.41, 5.74) is 3.25. The molecule has 0 saturated heterocycles. The van der Waals surface area contributed by atoms with Crippen molar-refractivity contribution in [1.82, 2.24) is 19.3 Å². The normalized spacial score (nSPS) is 11.2. The Kier molecular flexibility index (Phi) is 4.99. The number of nitrogens with one attached hydrogen (secondary N) is 1. The van der Waals surface area contributed by atoms with E-state index in [1.807, 2.05) is 66.9 Å². The quantitative estimate of drug-likeness (QED) is 0.445. The number of fused-ring (bicyclic) bond motifs is 1. The molecular formula is C24H20N4O3S. The fraction of sp³-hybridized carbons (Fsp3) is 0.125. The number of methoxy groups -OCH3 is 1. The second-order valence-electron chi connectivity index (χ2n) is 7.42. The van der Waals surface area contributed by atoms with Crippen LogP contribution in [0.1, 0.15) is 11.4 Å². The molecule has 0 aliphatic rings. The molecule has 160 valence electrons. The first-order chi connectivity index (χ1) is 15.5. The van der Waals surface area contributed by atoms with Gasteiger partial charge in [0.05, 0.1) is 24.7 Å². The molecule has 0 spiro atoms. The molecule has 0 radical (unpaired) electrons. The zero-order valence-electron chi connectivity index (χ0n) is 17.5. The van der Waals surface area contributed by atoms with Gasteiger partial charge in [-0.2, -0.15) is 9.78 Å². The van der Waals surface area contributed by atoms with E-state index in [1.54, 1.807) is 17.9 Å². The lowest BCUT2D eigenvalue weighted by atomic mass is 10.1. The van der Waals surface area contributed by atoms with Crippen molar-refractivity contribution in [2.24, 2.45) is 0 Å². The molecule has 0 aliphatic heterocycles. The van der Waals surface area contributed by atoms with Crippen LogP contribution < -0.4 is 16.0 Å². The molecule has 7 nitrogen and oxygen atoms in total. The second kappa shape index (κ2) is 7.97. The number of aromatic nitrogens is 4. The van der Waals surface area contributed by atoms with E-state index in [4.69, 9.17) is 4.74 Å². The maximum Gasteiger partial charge on any atom is 0.351 e. The van der Waals surface area contributed by atoms with Crippen LogP contribution in [-0.2, 0) is 6.54 Å². The SMILES string of the molecule is COc1cccc(Cn2c(C)nn(-c3ccc(-c4c[nH]c(=O)c5ccsc45)cc3)c2=O)c1. The van der Waals surface area contributed by atoms with E-state index in [9.17, 15) is 9.59 Å². The van der Waals surface area contributed by atoms with Gasteiger partial charge in [0.25, 0.3) is 5.56 Å². The molecule has 3 heterocycles. The van der Waals surface area contributed by atoms with Gasteiger partial charge in [0.15, 0.2) is 0 Å². The monoisotopic (exact) mass is 444 g/mol. The van der Waals surface area contributed by atoms with Crippen molar-refractivity contribution < 1.29 is 4.74 Å². The van der Waals surface area contributed by atoms with Gasteiger partial charge in [-0.3, -0.25) is 9.36 Å². The van der Waals surface area contributed by atoms with Crippen molar-refractivity contribution in [1.29, 1.82) is 0 Å². The van der Waals surface area contributed by atoms with Gasteiger partial charge in [0.2, 0.25) is 0 Å². The van der Waals surface area contributed by atoms with Crippen LogP contribution in [0.15, 0.2) is 75.8 Å². The summed E-state index contributed by atoms with van der Waals surface area (Å²) in [4.78, 5) is 27.9. The van der Waals surface area contributed by atoms with Crippen molar-refractivity contribution in [3.8, 4) is 22.6 Å². The van der Waals surface area contributed by atoms with Crippen molar-refractivity contribution >= 4 is 21.4 Å². The number of rotatable bonds is 5. The van der Waals surface area contributed by atoms with Crippen molar-refractivity contribution in [3.63, 3.8) is 0 Å². The molecule has 0 fully saturated rings. The van der Waals surface area contributed by atoms with Crippen LogP contribution in [0.3, 0.4) is 0 Å². The number of hydrogen-bond acceptors (Lipinski definition) is 5. The van der Waals surface area contributed by atoms with Crippen LogP contribution in [0, 0.1) is 6.92 Å². The molecule has 0 atom stereocenters. The fourth-order valence-corrected chi connectivity index (χ4v) is 4.70. The van der Waals surface area contributed by atoms with Crippen LogP contribution in [0.4, 0.5) is 0 Å². The summed E-state index contributed by atoms with van der Waals surface area (Å²) in [5, 5.41) is 7.06. The molecule has 0 bridgehead atoms. The number of aromatic amines is 1. The molecule has 0 unspecified atom stereocenters. The van der Waals surface area contributed by atoms with Crippen molar-refractivity contribution in [2.75, 3.05) is 7.11 Å². The number of aryl methyl sites for hydroxylation is 1. The molecule has 0 amide bonds. The Hall–Kier alpha value is -3.91. The van der Waals surface area contributed by atoms with Gasteiger partial charge in [-0.25, -0.2) is 4.79 Å². The van der Waals surface area contributed by atoms with Gasteiger partial charge in [0.1, 0.15) is 11.6 Å². The number of thiophene rings is 1. The standard InChI is InChI=1S/C24H20N4O3S/c1-15-26-28(24(30)27(15)14-16-4-3-5-19(12-16)31-2)18-8-6-17(7-9-18)21-13-25-23(29)20-10-11-32-22(20)21/h3-13H,14H2,1-2H3,(H,25,29). The Morgan fingerprint density at radius 1 is 1.09 bits per heavy atom. The van der Waals surface area contributed by atoms with Crippen LogP contribution in [0.5, 0.6) is 5.75 Å². The molecule has 0 aliphatic carbocycles. The third-order valence-corrected chi connectivity index (χ3v) is 6.39. The first kappa shape index (κ1) is 20.0. The van der Waals surface area contributed by atoms with Crippen LogP contribution in [0.2, 0.25) is 0 Å². The molecule has 5 rings (SSSR count). The number of benzene rings is 2. The minimum absolute atomic E-state index is 0.0924. The predicted octanol–water partition coefficient (Wildman–Crippen LogP) is 3.97. The Labute approximate surface area is 187 Å². The average molecular weight is 445 g/mol. The summed E-state index contributed by atoms with van der Waals surface area (Å²) in [5.74, 6) is 1.38. The number of ether oxygens (including phenoxy) is 1. The van der Waals surface area contributed by atoms with Gasteiger partial charge in [0, 0.05) is 16.5 Å². The topological polar surface area (TPSA) is 81.9 Å². The van der Waals surface area contributed by atoms with Gasteiger partial charge >= 0.3 is 5.69 Å². The molecule has 5 aromatic rings. The lowest BCUT2D eigenvalue weighted by Gasteiger charge is -2.06. The molecule has 0 saturated carbocycles. The Morgan fingerprint density at radius 2 is 1.91 bits per heavy atom. The van der Waals surface area contributed by atoms with Gasteiger partial charge in [-0.1, -0.05) is 24.3 Å². The Bertz CT molecular complexity index is 1540. The summed E-state index contributed by atoms with van der Waals surface area (Å²) in [6, 6.07) is 17.1. The molecule has 8 heteroatoms. The van der Waals surface area contributed by atoms with E-state index >= 15 is 0 Å². The van der Waals surface area contributed by atoms with E-state index in [1.165, 1.54) is 16.0 Å². The van der Waals surface area contributed by atoms with Gasteiger partial charge < -0.3 is 9.72 Å². The lowest BCUT2D eigenvalue weighted by molar-refractivity contribution is 0.414. The number of nitrogens with zero attached hydrogens (tertiary/aromatic N) is 3. The Morgan fingerprint density at radius 3 is 2.69 bits per heavy atom. The highest BCUT2D eigenvalue weighted by Crippen LogP contribution is 2.30. The lowest BCUT2D eigenvalue weighted by Crippen LogP contribution is -2.24. The highest BCUT2D eigenvalue weighted by Gasteiger charge is 2.13. The minimum atomic E-state index is -0.206. The maximum atomic E-state index is 13.1. The predicted molar refractivity (Wildman–Crippen MR) is 126 cm³/mol. The summed E-state index contributed by atoms with van der Waals surface area (Å²) in [6.45, 7) is 2.23. The highest BCUT2D eigenvalue weighted by atomic mass is 32.1.